The van der Waals surface area contributed by atoms with Crippen molar-refractivity contribution >= 4 is 22.7 Å². The van der Waals surface area contributed by atoms with Crippen molar-refractivity contribution in [2.75, 3.05) is 5.32 Å². The van der Waals surface area contributed by atoms with E-state index >= 15 is 0 Å². The fraction of sp³-hybridized carbons (Fsp3) is 0. The number of rotatable bonds is 3. The molecule has 0 atom stereocenters. The number of nitrogens with zero attached hydrogens (tertiary/aromatic N) is 4. The summed E-state index contributed by atoms with van der Waals surface area (Å²) in [7, 11) is 0. The van der Waals surface area contributed by atoms with Crippen molar-refractivity contribution in [2.24, 2.45) is 0 Å². The molecule has 3 aromatic heterocycles. The molecule has 0 saturated carbocycles. The summed E-state index contributed by atoms with van der Waals surface area (Å²) in [5, 5.41) is 16.9. The number of fused-ring (bicyclic) bond motifs is 1. The smallest absolute Gasteiger partial charge is 0.162 e. The minimum Gasteiger partial charge on any atom is -0.323 e. The van der Waals surface area contributed by atoms with Crippen LogP contribution in [-0.4, -0.2) is 30.4 Å². The average Bonchev–Trinajstić information content (AvgIpc) is 3.19. The summed E-state index contributed by atoms with van der Waals surface area (Å²) in [5.41, 5.74) is 2.46. The highest BCUT2D eigenvalue weighted by Gasteiger charge is 2.11. The molecule has 3 heterocycles. The quantitative estimate of drug-likeness (QED) is 0.534. The van der Waals surface area contributed by atoms with Crippen LogP contribution in [0.4, 0.5) is 11.6 Å². The maximum absolute atomic E-state index is 4.58. The average molecular weight is 277 g/mol. The fourth-order valence-corrected chi connectivity index (χ4v) is 2.10. The second-order valence-electron chi connectivity index (χ2n) is 4.49. The third-order valence-electron chi connectivity index (χ3n) is 3.09. The van der Waals surface area contributed by atoms with Crippen molar-refractivity contribution in [3.63, 3.8) is 0 Å². The lowest BCUT2D eigenvalue weighted by molar-refractivity contribution is 1.08. The fourth-order valence-electron chi connectivity index (χ4n) is 2.10. The van der Waals surface area contributed by atoms with Gasteiger partial charge < -0.3 is 5.32 Å². The van der Waals surface area contributed by atoms with Crippen LogP contribution < -0.4 is 5.32 Å². The van der Waals surface area contributed by atoms with Crippen LogP contribution in [-0.2, 0) is 0 Å². The number of aromatic amines is 2. The van der Waals surface area contributed by atoms with Gasteiger partial charge in [-0.1, -0.05) is 30.3 Å². The third-order valence-corrected chi connectivity index (χ3v) is 3.09. The van der Waals surface area contributed by atoms with Gasteiger partial charge in [0.2, 0.25) is 0 Å². The Bertz CT molecular complexity index is 865. The molecule has 0 unspecified atom stereocenters. The summed E-state index contributed by atoms with van der Waals surface area (Å²) in [6.45, 7) is 0. The molecular formula is C14H11N7. The Balaban J connectivity index is 1.86. The molecule has 0 fully saturated rings. The van der Waals surface area contributed by atoms with Crippen LogP contribution >= 0.6 is 0 Å². The highest BCUT2D eigenvalue weighted by Crippen LogP contribution is 2.24. The molecule has 4 aromatic rings. The molecule has 0 radical (unpaired) electrons. The Labute approximate surface area is 119 Å². The number of H-pyrrole nitrogens is 2. The van der Waals surface area contributed by atoms with E-state index in [0.717, 1.165) is 22.4 Å². The molecule has 0 spiro atoms. The maximum Gasteiger partial charge on any atom is 0.162 e. The first-order valence-corrected chi connectivity index (χ1v) is 6.43. The van der Waals surface area contributed by atoms with Gasteiger partial charge in [0.25, 0.3) is 0 Å². The molecule has 0 bridgehead atoms. The second-order valence-corrected chi connectivity index (χ2v) is 4.49. The summed E-state index contributed by atoms with van der Waals surface area (Å²) in [6, 6.07) is 11.7. The Morgan fingerprint density at radius 1 is 0.905 bits per heavy atom. The molecular weight excluding hydrogens is 266 g/mol. The molecule has 0 aliphatic heterocycles. The van der Waals surface area contributed by atoms with Crippen LogP contribution in [0.25, 0.3) is 22.4 Å². The van der Waals surface area contributed by atoms with Gasteiger partial charge in [0.15, 0.2) is 11.6 Å². The molecule has 102 valence electrons. The highest BCUT2D eigenvalue weighted by atomic mass is 15.2. The summed E-state index contributed by atoms with van der Waals surface area (Å²) >= 11 is 0. The normalized spacial score (nSPS) is 10.9. The van der Waals surface area contributed by atoms with Gasteiger partial charge >= 0.3 is 0 Å². The largest absolute Gasteiger partial charge is 0.323 e. The molecule has 4 rings (SSSR count). The number of hydrogen-bond donors (Lipinski definition) is 3. The molecule has 1 aromatic carbocycles. The standard InChI is InChI=1S/C14H11N7/c1-2-4-9(5-3-1)13-17-10-8-16-21-12(10)14(19-13)18-11-6-7-15-20-11/h1-8H,(H,16,21)(H2,15,17,18,19,20). The number of benzene rings is 1. The predicted octanol–water partition coefficient (Wildman–Crippen LogP) is 2.49. The third kappa shape index (κ3) is 2.10. The maximum atomic E-state index is 4.58. The van der Waals surface area contributed by atoms with Gasteiger partial charge in [0.1, 0.15) is 16.9 Å². The van der Waals surface area contributed by atoms with E-state index in [1.54, 1.807) is 12.4 Å². The van der Waals surface area contributed by atoms with E-state index in [1.807, 2.05) is 36.4 Å². The molecule has 0 saturated heterocycles. The second kappa shape index (κ2) is 4.71. The van der Waals surface area contributed by atoms with Gasteiger partial charge in [0, 0.05) is 11.6 Å². The van der Waals surface area contributed by atoms with E-state index in [1.165, 1.54) is 0 Å². The van der Waals surface area contributed by atoms with Gasteiger partial charge in [-0.15, -0.1) is 0 Å². The van der Waals surface area contributed by atoms with Crippen LogP contribution in [0.3, 0.4) is 0 Å². The van der Waals surface area contributed by atoms with E-state index in [-0.39, 0.29) is 0 Å². The lowest BCUT2D eigenvalue weighted by Crippen LogP contribution is -1.99. The van der Waals surface area contributed by atoms with Gasteiger partial charge in [-0.25, -0.2) is 9.97 Å². The molecule has 7 nitrogen and oxygen atoms in total. The zero-order valence-electron chi connectivity index (χ0n) is 10.9. The van der Waals surface area contributed by atoms with Crippen molar-refractivity contribution in [1.82, 2.24) is 30.4 Å². The van der Waals surface area contributed by atoms with Gasteiger partial charge in [0.05, 0.1) is 12.4 Å². The van der Waals surface area contributed by atoms with Crippen molar-refractivity contribution < 1.29 is 0 Å². The van der Waals surface area contributed by atoms with Crippen molar-refractivity contribution in [2.45, 2.75) is 0 Å². The lowest BCUT2D eigenvalue weighted by Gasteiger charge is -2.06. The summed E-state index contributed by atoms with van der Waals surface area (Å²) < 4.78 is 0. The Morgan fingerprint density at radius 2 is 1.81 bits per heavy atom. The molecule has 3 N–H and O–H groups in total. The van der Waals surface area contributed by atoms with Crippen LogP contribution in [0.2, 0.25) is 0 Å². The number of aromatic nitrogens is 6. The first kappa shape index (κ1) is 11.6. The Kier molecular flexibility index (Phi) is 2.60. The summed E-state index contributed by atoms with van der Waals surface area (Å²) in [6.07, 6.45) is 3.35. The predicted molar refractivity (Wildman–Crippen MR) is 79.0 cm³/mol. The first-order chi connectivity index (χ1) is 10.4. The number of anilines is 2. The van der Waals surface area contributed by atoms with Crippen molar-refractivity contribution in [1.29, 1.82) is 0 Å². The zero-order chi connectivity index (χ0) is 14.1. The SMILES string of the molecule is c1ccc(-c2nc(Nc3ccn[nH]3)c3[nH]ncc3n2)cc1. The molecule has 0 amide bonds. The van der Waals surface area contributed by atoms with E-state index in [2.05, 4.69) is 35.7 Å². The molecule has 7 heteroatoms. The minimum absolute atomic E-state index is 0.645. The Morgan fingerprint density at radius 3 is 2.62 bits per heavy atom. The highest BCUT2D eigenvalue weighted by molar-refractivity contribution is 5.88. The zero-order valence-corrected chi connectivity index (χ0v) is 10.9. The monoisotopic (exact) mass is 277 g/mol. The van der Waals surface area contributed by atoms with E-state index in [9.17, 15) is 0 Å². The molecule has 21 heavy (non-hydrogen) atoms. The summed E-state index contributed by atoms with van der Waals surface area (Å²) in [4.78, 5) is 9.10. The van der Waals surface area contributed by atoms with Crippen molar-refractivity contribution in [3.8, 4) is 11.4 Å². The van der Waals surface area contributed by atoms with Crippen LogP contribution in [0.1, 0.15) is 0 Å². The molecule has 0 aliphatic carbocycles. The van der Waals surface area contributed by atoms with Crippen molar-refractivity contribution in [3.05, 3.63) is 48.8 Å². The molecule has 0 aliphatic rings. The number of nitrogens with one attached hydrogen (secondary N) is 3. The van der Waals surface area contributed by atoms with Crippen LogP contribution in [0.15, 0.2) is 48.8 Å². The summed E-state index contributed by atoms with van der Waals surface area (Å²) in [5.74, 6) is 2.05. The van der Waals surface area contributed by atoms with Gasteiger partial charge in [-0.05, 0) is 0 Å². The van der Waals surface area contributed by atoms with E-state index in [4.69, 9.17) is 0 Å². The van der Waals surface area contributed by atoms with E-state index < -0.39 is 0 Å². The number of hydrogen-bond acceptors (Lipinski definition) is 5. The topological polar surface area (TPSA) is 95.2 Å². The van der Waals surface area contributed by atoms with Gasteiger partial charge in [-0.3, -0.25) is 10.2 Å². The van der Waals surface area contributed by atoms with Crippen LogP contribution in [0.5, 0.6) is 0 Å². The van der Waals surface area contributed by atoms with Crippen LogP contribution in [0, 0.1) is 0 Å². The minimum atomic E-state index is 0.645. The lowest BCUT2D eigenvalue weighted by atomic mass is 10.2. The van der Waals surface area contributed by atoms with E-state index in [0.29, 0.717) is 11.6 Å². The van der Waals surface area contributed by atoms with Gasteiger partial charge in [-0.2, -0.15) is 10.2 Å². The first-order valence-electron chi connectivity index (χ1n) is 6.43. The Hall–Kier alpha value is -3.22.